The van der Waals surface area contributed by atoms with Crippen LogP contribution in [0.1, 0.15) is 48.0 Å². The van der Waals surface area contributed by atoms with Gasteiger partial charge in [-0.15, -0.1) is 0 Å². The van der Waals surface area contributed by atoms with Gasteiger partial charge in [0.1, 0.15) is 5.75 Å². The third-order valence-corrected chi connectivity index (χ3v) is 7.08. The first kappa shape index (κ1) is 22.2. The molecule has 6 rings (SSSR count). The highest BCUT2D eigenvalue weighted by Gasteiger charge is 2.37. The van der Waals surface area contributed by atoms with E-state index in [4.69, 9.17) is 4.74 Å². The molecule has 0 unspecified atom stereocenters. The van der Waals surface area contributed by atoms with Crippen molar-refractivity contribution in [2.75, 3.05) is 27.3 Å². The highest BCUT2D eigenvalue weighted by molar-refractivity contribution is 6.07. The zero-order valence-electron chi connectivity index (χ0n) is 20.0. The highest BCUT2D eigenvalue weighted by Crippen LogP contribution is 2.45. The van der Waals surface area contributed by atoms with E-state index < -0.39 is 0 Å². The predicted molar refractivity (Wildman–Crippen MR) is 142 cm³/mol. The minimum atomic E-state index is -0.226. The molecule has 1 aliphatic carbocycles. The standard InChI is InChI=1S/C29H28N4O3/c1-19-24-16-20(29(35)30-21-13-15-27-25(17-21)31-28(34)18-36-27)12-14-26(24)33(23-10-6-3-7-11-23)32(19)22-8-4-2-5-9-22/h2,4-5,8-9,12-17,23H,1,3,6-7,10-11,18H2,(H,30,35)(H,31,34). The monoisotopic (exact) mass is 480 g/mol. The predicted octanol–water partition coefficient (Wildman–Crippen LogP) is 5.81. The Labute approximate surface area is 210 Å². The van der Waals surface area contributed by atoms with Gasteiger partial charge < -0.3 is 15.4 Å². The summed E-state index contributed by atoms with van der Waals surface area (Å²) in [6.45, 7) is 4.43. The lowest BCUT2D eigenvalue weighted by Gasteiger charge is -2.40. The summed E-state index contributed by atoms with van der Waals surface area (Å²) in [4.78, 5) is 24.9. The number of carbonyl (C=O) groups excluding carboxylic acids is 2. The Kier molecular flexibility index (Phi) is 5.60. The molecule has 2 N–H and O–H groups in total. The second-order valence-corrected chi connectivity index (χ2v) is 9.46. The van der Waals surface area contributed by atoms with Crippen LogP contribution in [-0.4, -0.2) is 24.5 Å². The lowest BCUT2D eigenvalue weighted by atomic mass is 9.94. The van der Waals surface area contributed by atoms with Crippen LogP contribution in [0.5, 0.6) is 5.75 Å². The van der Waals surface area contributed by atoms with Crippen molar-refractivity contribution in [1.29, 1.82) is 0 Å². The van der Waals surface area contributed by atoms with Crippen LogP contribution in [0.4, 0.5) is 22.7 Å². The van der Waals surface area contributed by atoms with Crippen molar-refractivity contribution in [3.8, 4) is 5.75 Å². The summed E-state index contributed by atoms with van der Waals surface area (Å²) < 4.78 is 5.41. The second kappa shape index (κ2) is 9.07. The van der Waals surface area contributed by atoms with E-state index in [1.54, 1.807) is 18.2 Å². The number of nitrogens with zero attached hydrogens (tertiary/aromatic N) is 2. The lowest BCUT2D eigenvalue weighted by molar-refractivity contribution is -0.118. The SMILES string of the molecule is C=C1c2cc(C(=O)Nc3ccc4c(c3)NC(=O)CO4)ccc2N(C2CCCCC2)N1c1ccccc1. The number of fused-ring (bicyclic) bond motifs is 2. The molecule has 2 heterocycles. The van der Waals surface area contributed by atoms with Crippen LogP contribution in [0.3, 0.4) is 0 Å². The maximum absolute atomic E-state index is 13.2. The van der Waals surface area contributed by atoms with Crippen molar-refractivity contribution < 1.29 is 14.3 Å². The van der Waals surface area contributed by atoms with E-state index >= 15 is 0 Å². The Hall–Kier alpha value is -4.26. The van der Waals surface area contributed by atoms with Gasteiger partial charge in [-0.3, -0.25) is 19.6 Å². The first-order chi connectivity index (χ1) is 17.6. The minimum Gasteiger partial charge on any atom is -0.482 e. The van der Waals surface area contributed by atoms with Crippen LogP contribution in [0, 0.1) is 0 Å². The van der Waals surface area contributed by atoms with Gasteiger partial charge >= 0.3 is 0 Å². The van der Waals surface area contributed by atoms with Gasteiger partial charge in [-0.25, -0.2) is 0 Å². The van der Waals surface area contributed by atoms with Gasteiger partial charge in [0.15, 0.2) is 6.61 Å². The quantitative estimate of drug-likeness (QED) is 0.493. The fourth-order valence-corrected chi connectivity index (χ4v) is 5.36. The molecule has 1 saturated carbocycles. The third kappa shape index (κ3) is 3.96. The number of para-hydroxylation sites is 1. The van der Waals surface area contributed by atoms with Gasteiger partial charge in [-0.1, -0.05) is 44.0 Å². The van der Waals surface area contributed by atoms with E-state index in [0.29, 0.717) is 28.7 Å². The van der Waals surface area contributed by atoms with Crippen molar-refractivity contribution in [2.24, 2.45) is 0 Å². The Bertz CT molecular complexity index is 1350. The van der Waals surface area contributed by atoms with E-state index in [2.05, 4.69) is 39.4 Å². The largest absolute Gasteiger partial charge is 0.482 e. The smallest absolute Gasteiger partial charge is 0.262 e. The molecule has 7 heteroatoms. The van der Waals surface area contributed by atoms with Crippen LogP contribution >= 0.6 is 0 Å². The molecule has 1 fully saturated rings. The summed E-state index contributed by atoms with van der Waals surface area (Å²) in [7, 11) is 0. The van der Waals surface area contributed by atoms with E-state index in [1.165, 1.54) is 19.3 Å². The number of rotatable bonds is 4. The number of amides is 2. The normalized spacial score (nSPS) is 17.2. The second-order valence-electron chi connectivity index (χ2n) is 9.46. The van der Waals surface area contributed by atoms with Crippen molar-refractivity contribution in [1.82, 2.24) is 0 Å². The minimum absolute atomic E-state index is 0.00437. The van der Waals surface area contributed by atoms with Crippen molar-refractivity contribution in [2.45, 2.75) is 38.1 Å². The molecule has 36 heavy (non-hydrogen) atoms. The molecular formula is C29H28N4O3. The van der Waals surface area contributed by atoms with Gasteiger partial charge in [-0.05, 0) is 61.4 Å². The Morgan fingerprint density at radius 3 is 2.61 bits per heavy atom. The van der Waals surface area contributed by atoms with E-state index in [0.717, 1.165) is 35.5 Å². The average molecular weight is 481 g/mol. The van der Waals surface area contributed by atoms with Gasteiger partial charge in [0, 0.05) is 16.8 Å². The van der Waals surface area contributed by atoms with Gasteiger partial charge in [0.05, 0.1) is 28.8 Å². The number of carbonyl (C=O) groups is 2. The molecule has 0 radical (unpaired) electrons. The van der Waals surface area contributed by atoms with Crippen LogP contribution in [-0.2, 0) is 4.79 Å². The molecule has 0 bridgehead atoms. The Morgan fingerprint density at radius 2 is 1.81 bits per heavy atom. The van der Waals surface area contributed by atoms with Crippen LogP contribution in [0.15, 0.2) is 73.3 Å². The Morgan fingerprint density at radius 1 is 1.00 bits per heavy atom. The van der Waals surface area contributed by atoms with Crippen LogP contribution < -0.4 is 25.4 Å². The number of ether oxygens (including phenoxy) is 1. The molecule has 7 nitrogen and oxygen atoms in total. The average Bonchev–Trinajstić information content (AvgIpc) is 3.21. The molecule has 3 aliphatic rings. The van der Waals surface area contributed by atoms with Crippen molar-refractivity contribution in [3.05, 3.63) is 84.4 Å². The third-order valence-electron chi connectivity index (χ3n) is 7.08. The lowest BCUT2D eigenvalue weighted by Crippen LogP contribution is -2.45. The maximum Gasteiger partial charge on any atom is 0.262 e. The fraction of sp³-hybridized carbons (Fsp3) is 0.241. The number of hydrazine groups is 1. The maximum atomic E-state index is 13.2. The summed E-state index contributed by atoms with van der Waals surface area (Å²) in [6, 6.07) is 21.7. The fourth-order valence-electron chi connectivity index (χ4n) is 5.36. The van der Waals surface area contributed by atoms with Crippen LogP contribution in [0.25, 0.3) is 5.70 Å². The molecule has 2 aliphatic heterocycles. The molecule has 0 spiro atoms. The number of nitrogens with one attached hydrogen (secondary N) is 2. The van der Waals surface area contributed by atoms with E-state index in [1.807, 2.05) is 36.4 Å². The number of hydrogen-bond donors (Lipinski definition) is 2. The van der Waals surface area contributed by atoms with E-state index in [9.17, 15) is 9.59 Å². The molecular weight excluding hydrogens is 452 g/mol. The van der Waals surface area contributed by atoms with Gasteiger partial charge in [-0.2, -0.15) is 0 Å². The topological polar surface area (TPSA) is 73.9 Å². The van der Waals surface area contributed by atoms with Crippen molar-refractivity contribution >= 4 is 40.3 Å². The first-order valence-electron chi connectivity index (χ1n) is 12.4. The molecule has 182 valence electrons. The Balaban J connectivity index is 1.30. The van der Waals surface area contributed by atoms with Crippen molar-refractivity contribution in [3.63, 3.8) is 0 Å². The zero-order valence-corrected chi connectivity index (χ0v) is 20.0. The summed E-state index contributed by atoms with van der Waals surface area (Å²) in [5.74, 6) is 0.148. The molecule has 3 aromatic carbocycles. The molecule has 0 atom stereocenters. The zero-order chi connectivity index (χ0) is 24.6. The summed E-state index contributed by atoms with van der Waals surface area (Å²) in [6.07, 6.45) is 5.99. The molecule has 2 amide bonds. The molecule has 0 saturated heterocycles. The summed E-state index contributed by atoms with van der Waals surface area (Å²) >= 11 is 0. The summed E-state index contributed by atoms with van der Waals surface area (Å²) in [5.41, 5.74) is 5.65. The molecule has 3 aromatic rings. The highest BCUT2D eigenvalue weighted by atomic mass is 16.5. The van der Waals surface area contributed by atoms with Gasteiger partial charge in [0.25, 0.3) is 11.8 Å². The first-order valence-corrected chi connectivity index (χ1v) is 12.4. The molecule has 0 aromatic heterocycles. The summed E-state index contributed by atoms with van der Waals surface area (Å²) in [5, 5.41) is 10.3. The number of anilines is 4. The van der Waals surface area contributed by atoms with E-state index in [-0.39, 0.29) is 18.4 Å². The van der Waals surface area contributed by atoms with Gasteiger partial charge in [0.2, 0.25) is 0 Å². The number of benzene rings is 3. The number of hydrogen-bond acceptors (Lipinski definition) is 5. The van der Waals surface area contributed by atoms with Crippen LogP contribution in [0.2, 0.25) is 0 Å².